The molecule has 120 valence electrons. The first-order valence-electron chi connectivity index (χ1n) is 5.57. The summed E-state index contributed by atoms with van der Waals surface area (Å²) in [5, 5.41) is 8.40. The van der Waals surface area contributed by atoms with E-state index in [4.69, 9.17) is 5.14 Å². The Morgan fingerprint density at radius 1 is 1.09 bits per heavy atom. The van der Waals surface area contributed by atoms with Crippen molar-refractivity contribution in [2.45, 2.75) is 17.0 Å². The van der Waals surface area contributed by atoms with Crippen LogP contribution in [0.25, 0.3) is 5.69 Å². The quantitative estimate of drug-likeness (QED) is 0.869. The lowest BCUT2D eigenvalue weighted by atomic mass is 10.1. The van der Waals surface area contributed by atoms with Gasteiger partial charge in [0.15, 0.2) is 0 Å². The third-order valence-electron chi connectivity index (χ3n) is 2.73. The van der Waals surface area contributed by atoms with Gasteiger partial charge in [0.25, 0.3) is 0 Å². The highest BCUT2D eigenvalue weighted by molar-refractivity contribution is 7.89. The van der Waals surface area contributed by atoms with Gasteiger partial charge in [-0.05, 0) is 12.1 Å². The highest BCUT2D eigenvalue weighted by Crippen LogP contribution is 2.46. The second-order valence-electron chi connectivity index (χ2n) is 4.22. The number of para-hydroxylation sites is 1. The minimum Gasteiger partial charge on any atom is -0.239 e. The number of hydrogen-bond acceptors (Lipinski definition) is 3. The minimum atomic E-state index is -5.91. The number of nitrogens with two attached hydrogens (primary N) is 1. The number of sulfonamides is 1. The van der Waals surface area contributed by atoms with Crippen LogP contribution in [0.5, 0.6) is 0 Å². The largest absolute Gasteiger partial charge is 0.458 e. The van der Waals surface area contributed by atoms with Crippen molar-refractivity contribution in [2.24, 2.45) is 5.14 Å². The standard InChI is InChI=1S/C11H8F5N3O2S/c12-10(13,11(14,15)16)7-3-1-4-8(22(17,20)21)9(7)19-6-2-5-18-19/h1-6H,(H2,17,20,21). The highest BCUT2D eigenvalue weighted by atomic mass is 32.2. The zero-order valence-electron chi connectivity index (χ0n) is 10.6. The Bertz CT molecular complexity index is 785. The fraction of sp³-hybridized carbons (Fsp3) is 0.182. The molecule has 0 spiro atoms. The number of hydrogen-bond donors (Lipinski definition) is 1. The van der Waals surface area contributed by atoms with Crippen LogP contribution in [0.15, 0.2) is 41.6 Å². The van der Waals surface area contributed by atoms with Crippen molar-refractivity contribution in [3.8, 4) is 5.69 Å². The van der Waals surface area contributed by atoms with Gasteiger partial charge < -0.3 is 0 Å². The Hall–Kier alpha value is -2.01. The normalized spacial score (nSPS) is 13.4. The van der Waals surface area contributed by atoms with Gasteiger partial charge in [-0.25, -0.2) is 18.2 Å². The van der Waals surface area contributed by atoms with Crippen molar-refractivity contribution in [1.29, 1.82) is 0 Å². The van der Waals surface area contributed by atoms with E-state index < -0.39 is 38.3 Å². The number of rotatable bonds is 3. The molecule has 1 aromatic carbocycles. The van der Waals surface area contributed by atoms with E-state index in [1.165, 1.54) is 6.07 Å². The molecular formula is C11H8F5N3O2S. The molecule has 0 aliphatic carbocycles. The molecule has 0 bridgehead atoms. The van der Waals surface area contributed by atoms with Gasteiger partial charge in [-0.15, -0.1) is 0 Å². The maximum absolute atomic E-state index is 13.7. The van der Waals surface area contributed by atoms with Crippen molar-refractivity contribution in [2.75, 3.05) is 0 Å². The highest BCUT2D eigenvalue weighted by Gasteiger charge is 2.60. The number of primary sulfonamides is 1. The second-order valence-corrected chi connectivity index (χ2v) is 5.75. The molecule has 0 atom stereocenters. The molecule has 0 aliphatic rings. The molecule has 2 aromatic rings. The van der Waals surface area contributed by atoms with Crippen LogP contribution in [-0.2, 0) is 15.9 Å². The molecular weight excluding hydrogens is 333 g/mol. The molecule has 2 N–H and O–H groups in total. The summed E-state index contributed by atoms with van der Waals surface area (Å²) in [6, 6.07) is 3.28. The van der Waals surface area contributed by atoms with E-state index in [9.17, 15) is 30.4 Å². The zero-order chi connectivity index (χ0) is 16.8. The van der Waals surface area contributed by atoms with Crippen LogP contribution in [-0.4, -0.2) is 24.4 Å². The van der Waals surface area contributed by atoms with Crippen molar-refractivity contribution in [3.63, 3.8) is 0 Å². The summed E-state index contributed by atoms with van der Waals surface area (Å²) in [5.41, 5.74) is -2.51. The summed E-state index contributed by atoms with van der Waals surface area (Å²) in [4.78, 5) is -0.891. The Morgan fingerprint density at radius 3 is 2.18 bits per heavy atom. The summed E-state index contributed by atoms with van der Waals surface area (Å²) < 4.78 is 88.8. The van der Waals surface area contributed by atoms with Crippen LogP contribution in [0.3, 0.4) is 0 Å². The topological polar surface area (TPSA) is 78.0 Å². The SMILES string of the molecule is NS(=O)(=O)c1cccc(C(F)(F)C(F)(F)F)c1-n1cccn1. The second kappa shape index (κ2) is 5.02. The van der Waals surface area contributed by atoms with Gasteiger partial charge in [-0.3, -0.25) is 0 Å². The summed E-state index contributed by atoms with van der Waals surface area (Å²) in [6.45, 7) is 0. The summed E-state index contributed by atoms with van der Waals surface area (Å²) in [7, 11) is -4.55. The summed E-state index contributed by atoms with van der Waals surface area (Å²) in [5.74, 6) is -5.28. The first-order valence-corrected chi connectivity index (χ1v) is 7.12. The Morgan fingerprint density at radius 2 is 1.73 bits per heavy atom. The minimum absolute atomic E-state index is 0.471. The average molecular weight is 341 g/mol. The lowest BCUT2D eigenvalue weighted by molar-refractivity contribution is -0.289. The van der Waals surface area contributed by atoms with Gasteiger partial charge >= 0.3 is 12.1 Å². The van der Waals surface area contributed by atoms with E-state index in [0.29, 0.717) is 10.7 Å². The van der Waals surface area contributed by atoms with Gasteiger partial charge in [0, 0.05) is 12.4 Å². The van der Waals surface area contributed by atoms with E-state index in [0.717, 1.165) is 24.5 Å². The number of alkyl halides is 5. The van der Waals surface area contributed by atoms with Crippen molar-refractivity contribution >= 4 is 10.0 Å². The van der Waals surface area contributed by atoms with Gasteiger partial charge in [0.05, 0.1) is 11.3 Å². The smallest absolute Gasteiger partial charge is 0.239 e. The van der Waals surface area contributed by atoms with Gasteiger partial charge in [0.1, 0.15) is 4.90 Å². The third kappa shape index (κ3) is 2.68. The van der Waals surface area contributed by atoms with Crippen LogP contribution in [0.2, 0.25) is 0 Å². The molecule has 0 unspecified atom stereocenters. The lowest BCUT2D eigenvalue weighted by Gasteiger charge is -2.23. The van der Waals surface area contributed by atoms with Crippen LogP contribution < -0.4 is 5.14 Å². The first-order chi connectivity index (χ1) is 9.96. The molecule has 0 fully saturated rings. The summed E-state index contributed by atoms with van der Waals surface area (Å²) >= 11 is 0. The Labute approximate surface area is 121 Å². The Kier molecular flexibility index (Phi) is 3.73. The molecule has 0 amide bonds. The zero-order valence-corrected chi connectivity index (χ0v) is 11.4. The molecule has 5 nitrogen and oxygen atoms in total. The third-order valence-corrected chi connectivity index (χ3v) is 3.68. The maximum Gasteiger partial charge on any atom is 0.458 e. The van der Waals surface area contributed by atoms with Gasteiger partial charge in [-0.2, -0.15) is 27.1 Å². The maximum atomic E-state index is 13.7. The van der Waals surface area contributed by atoms with E-state index in [1.54, 1.807) is 0 Å². The molecule has 11 heteroatoms. The predicted molar refractivity (Wildman–Crippen MR) is 64.9 cm³/mol. The first kappa shape index (κ1) is 16.4. The number of aromatic nitrogens is 2. The van der Waals surface area contributed by atoms with Gasteiger partial charge in [0.2, 0.25) is 10.0 Å². The van der Waals surface area contributed by atoms with E-state index in [1.807, 2.05) is 0 Å². The molecule has 22 heavy (non-hydrogen) atoms. The van der Waals surface area contributed by atoms with E-state index >= 15 is 0 Å². The monoisotopic (exact) mass is 341 g/mol. The molecule has 1 heterocycles. The lowest BCUT2D eigenvalue weighted by Crippen LogP contribution is -2.35. The number of halogens is 5. The molecule has 2 rings (SSSR count). The summed E-state index contributed by atoms with van der Waals surface area (Å²) in [6.07, 6.45) is -3.79. The van der Waals surface area contributed by atoms with Crippen LogP contribution in [0.1, 0.15) is 5.56 Å². The molecule has 0 radical (unpaired) electrons. The van der Waals surface area contributed by atoms with Crippen molar-refractivity contribution in [1.82, 2.24) is 9.78 Å². The van der Waals surface area contributed by atoms with E-state index in [2.05, 4.69) is 5.10 Å². The van der Waals surface area contributed by atoms with Crippen molar-refractivity contribution < 1.29 is 30.4 Å². The molecule has 0 aliphatic heterocycles. The fourth-order valence-corrected chi connectivity index (χ4v) is 2.54. The van der Waals surface area contributed by atoms with Gasteiger partial charge in [-0.1, -0.05) is 12.1 Å². The molecule has 0 saturated heterocycles. The fourth-order valence-electron chi connectivity index (χ4n) is 1.80. The van der Waals surface area contributed by atoms with E-state index in [-0.39, 0.29) is 0 Å². The predicted octanol–water partition coefficient (Wildman–Crippen LogP) is 2.17. The van der Waals surface area contributed by atoms with Crippen molar-refractivity contribution in [3.05, 3.63) is 42.2 Å². The van der Waals surface area contributed by atoms with Crippen LogP contribution in [0.4, 0.5) is 22.0 Å². The van der Waals surface area contributed by atoms with Crippen LogP contribution >= 0.6 is 0 Å². The number of nitrogens with zero attached hydrogens (tertiary/aromatic N) is 2. The average Bonchev–Trinajstić information content (AvgIpc) is 2.89. The Balaban J connectivity index is 2.88. The number of benzene rings is 1. The van der Waals surface area contributed by atoms with Crippen LogP contribution in [0, 0.1) is 0 Å². The molecule has 0 saturated carbocycles. The molecule has 1 aromatic heterocycles.